The van der Waals surface area contributed by atoms with Gasteiger partial charge in [-0.15, -0.1) is 0 Å². The van der Waals surface area contributed by atoms with Crippen LogP contribution in [0.3, 0.4) is 0 Å². The lowest BCUT2D eigenvalue weighted by molar-refractivity contribution is -0.130. The molecular weight excluding hydrogens is 685 g/mol. The summed E-state index contributed by atoms with van der Waals surface area (Å²) in [5.41, 5.74) is 13.4. The van der Waals surface area contributed by atoms with Gasteiger partial charge >= 0.3 is 0 Å². The average Bonchev–Trinajstić information content (AvgIpc) is 3.15. The highest BCUT2D eigenvalue weighted by atomic mass is 16.2. The third-order valence-electron chi connectivity index (χ3n) is 8.78. The molecule has 284 valence electrons. The lowest BCUT2D eigenvalue weighted by Gasteiger charge is -2.25. The van der Waals surface area contributed by atoms with E-state index in [1.165, 1.54) is 19.1 Å². The maximum atomic E-state index is 13.7. The maximum Gasteiger partial charge on any atom is 0.251 e. The minimum Gasteiger partial charge on any atom is -0.370 e. The number of carbonyl (C=O) groups is 5. The lowest BCUT2D eigenvalue weighted by atomic mass is 10.00. The van der Waals surface area contributed by atoms with Gasteiger partial charge < -0.3 is 38.1 Å². The summed E-state index contributed by atoms with van der Waals surface area (Å²) in [4.78, 5) is 69.2. The number of anilines is 1. The van der Waals surface area contributed by atoms with E-state index in [-0.39, 0.29) is 35.7 Å². The molecule has 54 heavy (non-hydrogen) atoms. The Morgan fingerprint density at radius 3 is 2.09 bits per heavy atom. The Morgan fingerprint density at radius 2 is 1.41 bits per heavy atom. The van der Waals surface area contributed by atoms with Crippen molar-refractivity contribution in [3.63, 3.8) is 0 Å². The van der Waals surface area contributed by atoms with Gasteiger partial charge in [-0.25, -0.2) is 0 Å². The molecule has 0 radical (unpaired) electrons. The molecule has 0 fully saturated rings. The Balaban J connectivity index is 1.38. The molecule has 0 saturated heterocycles. The zero-order chi connectivity index (χ0) is 39.0. The Labute approximate surface area is 315 Å². The maximum absolute atomic E-state index is 13.7. The van der Waals surface area contributed by atoms with Crippen molar-refractivity contribution >= 4 is 52.0 Å². The summed E-state index contributed by atoms with van der Waals surface area (Å²) in [6.45, 7) is 5.62. The summed E-state index contributed by atoms with van der Waals surface area (Å²) in [7, 11) is 0. The van der Waals surface area contributed by atoms with Gasteiger partial charge in [-0.2, -0.15) is 0 Å². The number of nitrogens with two attached hydrogens (primary N) is 2. The smallest absolute Gasteiger partial charge is 0.251 e. The highest BCUT2D eigenvalue weighted by molar-refractivity contribution is 6.00. The third-order valence-corrected chi connectivity index (χ3v) is 8.78. The van der Waals surface area contributed by atoms with Crippen LogP contribution in [0.2, 0.25) is 0 Å². The fraction of sp³-hybridized carbons (Fsp3) is 0.317. The van der Waals surface area contributed by atoms with Crippen molar-refractivity contribution in [3.8, 4) is 0 Å². The molecule has 0 aliphatic rings. The van der Waals surface area contributed by atoms with E-state index < -0.39 is 35.8 Å². The standard InChI is InChI=1S/C41H50N8O5/c1-26(2)36(49-37(51)31-18-20-32(21-19-31)47-39(53)34(46-27(3)50)17-10-23-45-41(42)43)40(54)48-35(25-28-11-5-4-6-12-28)38(52)44-24-22-30-15-9-14-29-13-7-8-16-33(29)30/h4-9,11-16,18-21,26,34-36H,10,17,22-25H2,1-3H3,(H,44,52)(H,46,50)(H,47,53)(H,48,54)(H,49,51)(H4,42,43,45)/t34-,35-,36-/m0/s1. The van der Waals surface area contributed by atoms with E-state index in [0.717, 1.165) is 21.9 Å². The third kappa shape index (κ3) is 12.5. The molecule has 0 unspecified atom stereocenters. The normalized spacial score (nSPS) is 12.5. The van der Waals surface area contributed by atoms with Crippen LogP contribution in [0, 0.1) is 5.92 Å². The molecule has 5 amide bonds. The fourth-order valence-corrected chi connectivity index (χ4v) is 5.99. The Morgan fingerprint density at radius 1 is 0.722 bits per heavy atom. The second-order valence-electron chi connectivity index (χ2n) is 13.4. The van der Waals surface area contributed by atoms with Crippen LogP contribution in [-0.4, -0.2) is 66.7 Å². The molecule has 0 saturated carbocycles. The topological polar surface area (TPSA) is 210 Å². The first-order chi connectivity index (χ1) is 25.9. The van der Waals surface area contributed by atoms with Crippen LogP contribution >= 0.6 is 0 Å². The van der Waals surface area contributed by atoms with Crippen LogP contribution in [-0.2, 0) is 32.0 Å². The zero-order valence-electron chi connectivity index (χ0n) is 30.9. The number of fused-ring (bicyclic) bond motifs is 1. The quantitative estimate of drug-likeness (QED) is 0.0461. The van der Waals surface area contributed by atoms with Crippen LogP contribution in [0.5, 0.6) is 0 Å². The van der Waals surface area contributed by atoms with Crippen molar-refractivity contribution in [1.29, 1.82) is 0 Å². The van der Waals surface area contributed by atoms with E-state index in [2.05, 4.69) is 49.8 Å². The molecular formula is C41H50N8O5. The first-order valence-corrected chi connectivity index (χ1v) is 18.0. The number of nitrogens with zero attached hydrogens (tertiary/aromatic N) is 1. The molecule has 0 spiro atoms. The fourth-order valence-electron chi connectivity index (χ4n) is 5.99. The molecule has 0 bridgehead atoms. The molecule has 0 heterocycles. The van der Waals surface area contributed by atoms with Gasteiger partial charge in [0.25, 0.3) is 5.91 Å². The number of benzene rings is 4. The predicted octanol–water partition coefficient (Wildman–Crippen LogP) is 3.18. The molecule has 4 rings (SSSR count). The summed E-state index contributed by atoms with van der Waals surface area (Å²) in [6.07, 6.45) is 1.64. The molecule has 9 N–H and O–H groups in total. The minimum absolute atomic E-state index is 0.0566. The van der Waals surface area contributed by atoms with Gasteiger partial charge in [-0.1, -0.05) is 86.6 Å². The largest absolute Gasteiger partial charge is 0.370 e. The Bertz CT molecular complexity index is 1920. The monoisotopic (exact) mass is 734 g/mol. The second kappa shape index (κ2) is 20.1. The van der Waals surface area contributed by atoms with Crippen molar-refractivity contribution in [1.82, 2.24) is 21.3 Å². The van der Waals surface area contributed by atoms with Crippen molar-refractivity contribution in [2.24, 2.45) is 22.4 Å². The van der Waals surface area contributed by atoms with E-state index in [1.54, 1.807) is 12.1 Å². The summed E-state index contributed by atoms with van der Waals surface area (Å²) >= 11 is 0. The number of hydrogen-bond acceptors (Lipinski definition) is 6. The Hall–Kier alpha value is -6.24. The highest BCUT2D eigenvalue weighted by Crippen LogP contribution is 2.19. The van der Waals surface area contributed by atoms with Crippen LogP contribution in [0.25, 0.3) is 10.8 Å². The van der Waals surface area contributed by atoms with Gasteiger partial charge in [0.15, 0.2) is 5.96 Å². The number of rotatable bonds is 18. The Kier molecular flexibility index (Phi) is 15.1. The number of amides is 5. The predicted molar refractivity (Wildman–Crippen MR) is 211 cm³/mol. The molecule has 3 atom stereocenters. The van der Waals surface area contributed by atoms with Gasteiger partial charge in [-0.05, 0) is 71.3 Å². The van der Waals surface area contributed by atoms with Crippen molar-refractivity contribution in [3.05, 3.63) is 114 Å². The number of nitrogens with one attached hydrogen (secondary N) is 5. The summed E-state index contributed by atoms with van der Waals surface area (Å²) < 4.78 is 0. The van der Waals surface area contributed by atoms with Crippen LogP contribution in [0.1, 0.15) is 55.1 Å². The van der Waals surface area contributed by atoms with E-state index >= 15 is 0 Å². The number of hydrogen-bond donors (Lipinski definition) is 7. The molecule has 13 heteroatoms. The second-order valence-corrected chi connectivity index (χ2v) is 13.4. The highest BCUT2D eigenvalue weighted by Gasteiger charge is 2.29. The van der Waals surface area contributed by atoms with Gasteiger partial charge in [-0.3, -0.25) is 29.0 Å². The van der Waals surface area contributed by atoms with Crippen LogP contribution < -0.4 is 38.1 Å². The first kappa shape index (κ1) is 40.5. The van der Waals surface area contributed by atoms with Gasteiger partial charge in [0, 0.05) is 37.7 Å². The van der Waals surface area contributed by atoms with Crippen LogP contribution in [0.15, 0.2) is 102 Å². The van der Waals surface area contributed by atoms with E-state index in [0.29, 0.717) is 38.0 Å². The van der Waals surface area contributed by atoms with Gasteiger partial charge in [0.2, 0.25) is 23.6 Å². The molecule has 0 aliphatic carbocycles. The zero-order valence-corrected chi connectivity index (χ0v) is 30.9. The number of guanidine groups is 1. The number of carbonyl (C=O) groups excluding carboxylic acids is 5. The van der Waals surface area contributed by atoms with E-state index in [9.17, 15) is 24.0 Å². The summed E-state index contributed by atoms with van der Waals surface area (Å²) in [5.74, 6) is -2.49. The van der Waals surface area contributed by atoms with Gasteiger partial charge in [0.1, 0.15) is 18.1 Å². The summed E-state index contributed by atoms with van der Waals surface area (Å²) in [6, 6.07) is 27.1. The van der Waals surface area contributed by atoms with Gasteiger partial charge in [0.05, 0.1) is 0 Å². The first-order valence-electron chi connectivity index (χ1n) is 18.0. The van der Waals surface area contributed by atoms with Crippen molar-refractivity contribution in [2.45, 2.75) is 64.6 Å². The molecule has 13 nitrogen and oxygen atoms in total. The molecule has 0 aromatic heterocycles. The minimum atomic E-state index is -0.948. The molecule has 4 aromatic carbocycles. The van der Waals surface area contributed by atoms with Crippen molar-refractivity contribution < 1.29 is 24.0 Å². The molecule has 4 aromatic rings. The van der Waals surface area contributed by atoms with Crippen molar-refractivity contribution in [2.75, 3.05) is 18.4 Å². The van der Waals surface area contributed by atoms with Crippen LogP contribution in [0.4, 0.5) is 5.69 Å². The number of aliphatic imine (C=N–C) groups is 1. The van der Waals surface area contributed by atoms with E-state index in [1.807, 2.05) is 68.4 Å². The SMILES string of the molecule is CC(=O)N[C@@H](CCCN=C(N)N)C(=O)Nc1ccc(C(=O)N[C@H](C(=O)N[C@@H](Cc2ccccc2)C(=O)NCCc2cccc3ccccc23)C(C)C)cc1. The summed E-state index contributed by atoms with van der Waals surface area (Å²) in [5, 5.41) is 16.3. The van der Waals surface area contributed by atoms with E-state index in [4.69, 9.17) is 11.5 Å². The average molecular weight is 735 g/mol. The molecule has 0 aliphatic heterocycles. The lowest BCUT2D eigenvalue weighted by Crippen LogP contribution is -2.56.